The van der Waals surface area contributed by atoms with Crippen molar-refractivity contribution < 1.29 is 19.5 Å². The first kappa shape index (κ1) is 15.8. The smallest absolute Gasteiger partial charge is 0.328 e. The third-order valence-corrected chi connectivity index (χ3v) is 3.08. The molecule has 1 aliphatic heterocycles. The van der Waals surface area contributed by atoms with Crippen molar-refractivity contribution >= 4 is 17.9 Å². The highest BCUT2D eigenvalue weighted by Crippen LogP contribution is 2.10. The highest BCUT2D eigenvalue weighted by molar-refractivity contribution is 5.90. The van der Waals surface area contributed by atoms with E-state index in [4.69, 9.17) is 10.4 Å². The molecule has 1 fully saturated rings. The van der Waals surface area contributed by atoms with Crippen LogP contribution in [0.4, 0.5) is 4.79 Å². The van der Waals surface area contributed by atoms with E-state index in [1.165, 1.54) is 4.90 Å². The number of aliphatic carboxylic acids is 1. The highest BCUT2D eigenvalue weighted by atomic mass is 16.4. The lowest BCUT2D eigenvalue weighted by molar-refractivity contribution is -0.144. The Kier molecular flexibility index (Phi) is 5.32. The van der Waals surface area contributed by atoms with Crippen molar-refractivity contribution in [2.45, 2.75) is 19.9 Å². The third kappa shape index (κ3) is 3.60. The predicted octanol–water partition coefficient (Wildman–Crippen LogP) is -0.527. The van der Waals surface area contributed by atoms with Crippen LogP contribution in [0.25, 0.3) is 0 Å². The summed E-state index contributed by atoms with van der Waals surface area (Å²) in [6.07, 6.45) is 0. The average molecular weight is 282 g/mol. The molecule has 0 aromatic rings. The van der Waals surface area contributed by atoms with E-state index in [9.17, 15) is 14.4 Å². The number of carbonyl (C=O) groups excluding carboxylic acids is 2. The number of nitriles is 1. The second-order valence-corrected chi connectivity index (χ2v) is 4.64. The number of rotatable bonds is 4. The van der Waals surface area contributed by atoms with Crippen molar-refractivity contribution in [2.24, 2.45) is 5.92 Å². The summed E-state index contributed by atoms with van der Waals surface area (Å²) in [4.78, 5) is 37.3. The number of carboxylic acid groups (broad SMARTS) is 1. The van der Waals surface area contributed by atoms with Crippen molar-refractivity contribution in [1.29, 1.82) is 5.26 Å². The second-order valence-electron chi connectivity index (χ2n) is 4.64. The number of amides is 3. The third-order valence-electron chi connectivity index (χ3n) is 3.08. The molecule has 110 valence electrons. The number of urea groups is 1. The van der Waals surface area contributed by atoms with Gasteiger partial charge in [-0.15, -0.1) is 0 Å². The Morgan fingerprint density at radius 3 is 2.80 bits per heavy atom. The van der Waals surface area contributed by atoms with Gasteiger partial charge >= 0.3 is 12.0 Å². The van der Waals surface area contributed by atoms with Crippen LogP contribution in [-0.2, 0) is 9.59 Å². The number of piperazine rings is 1. The number of nitrogens with zero attached hydrogens (tertiary/aromatic N) is 3. The van der Waals surface area contributed by atoms with E-state index in [1.54, 1.807) is 13.8 Å². The molecular weight excluding hydrogens is 264 g/mol. The summed E-state index contributed by atoms with van der Waals surface area (Å²) in [7, 11) is 0. The molecule has 2 unspecified atom stereocenters. The van der Waals surface area contributed by atoms with Crippen molar-refractivity contribution in [2.75, 3.05) is 26.2 Å². The van der Waals surface area contributed by atoms with Crippen molar-refractivity contribution in [3.05, 3.63) is 0 Å². The summed E-state index contributed by atoms with van der Waals surface area (Å²) in [5, 5.41) is 20.3. The number of carbonyl (C=O) groups is 3. The molecule has 0 spiro atoms. The Hall–Kier alpha value is -2.30. The summed E-state index contributed by atoms with van der Waals surface area (Å²) in [6.45, 7) is 3.57. The van der Waals surface area contributed by atoms with Gasteiger partial charge in [0.05, 0.1) is 12.0 Å². The Bertz CT molecular complexity index is 445. The molecule has 0 aromatic carbocycles. The van der Waals surface area contributed by atoms with Crippen LogP contribution in [0.5, 0.6) is 0 Å². The van der Waals surface area contributed by atoms with Gasteiger partial charge in [-0.05, 0) is 13.8 Å². The topological polar surface area (TPSA) is 114 Å². The SMILES string of the molecule is CCN(CC(C)C#N)C(=O)N1CC(=O)NCC1C(=O)O. The van der Waals surface area contributed by atoms with Crippen LogP contribution < -0.4 is 5.32 Å². The number of hydrogen-bond donors (Lipinski definition) is 2. The molecule has 1 aliphatic rings. The first-order valence-corrected chi connectivity index (χ1v) is 6.35. The van der Waals surface area contributed by atoms with E-state index in [1.807, 2.05) is 6.07 Å². The molecule has 1 saturated heterocycles. The largest absolute Gasteiger partial charge is 0.480 e. The van der Waals surface area contributed by atoms with Crippen LogP contribution in [0.3, 0.4) is 0 Å². The summed E-state index contributed by atoms with van der Waals surface area (Å²) in [6, 6.07) is 0.414. The lowest BCUT2D eigenvalue weighted by Gasteiger charge is -2.36. The van der Waals surface area contributed by atoms with Gasteiger partial charge < -0.3 is 15.3 Å². The highest BCUT2D eigenvalue weighted by Gasteiger charge is 2.37. The summed E-state index contributed by atoms with van der Waals surface area (Å²) < 4.78 is 0. The normalized spacial score (nSPS) is 19.8. The molecule has 1 heterocycles. The molecule has 2 N–H and O–H groups in total. The lowest BCUT2D eigenvalue weighted by atomic mass is 10.1. The minimum absolute atomic E-state index is 0.106. The van der Waals surface area contributed by atoms with Crippen molar-refractivity contribution in [3.63, 3.8) is 0 Å². The van der Waals surface area contributed by atoms with E-state index >= 15 is 0 Å². The van der Waals surface area contributed by atoms with Gasteiger partial charge in [-0.2, -0.15) is 5.26 Å². The molecule has 20 heavy (non-hydrogen) atoms. The van der Waals surface area contributed by atoms with Crippen LogP contribution in [0, 0.1) is 17.2 Å². The second kappa shape index (κ2) is 6.75. The zero-order valence-corrected chi connectivity index (χ0v) is 11.5. The molecule has 0 bridgehead atoms. The lowest BCUT2D eigenvalue weighted by Crippen LogP contribution is -2.62. The Labute approximate surface area is 116 Å². The summed E-state index contributed by atoms with van der Waals surface area (Å²) >= 11 is 0. The monoisotopic (exact) mass is 282 g/mol. The maximum absolute atomic E-state index is 12.3. The maximum atomic E-state index is 12.3. The van der Waals surface area contributed by atoms with E-state index in [0.29, 0.717) is 6.54 Å². The number of carboxylic acids is 1. The summed E-state index contributed by atoms with van der Waals surface area (Å²) in [5.41, 5.74) is 0. The minimum atomic E-state index is -1.16. The molecule has 1 rings (SSSR count). The Morgan fingerprint density at radius 1 is 1.65 bits per heavy atom. The van der Waals surface area contributed by atoms with Crippen LogP contribution in [0.2, 0.25) is 0 Å². The van der Waals surface area contributed by atoms with Gasteiger partial charge in [0.1, 0.15) is 12.6 Å². The molecule has 8 nitrogen and oxygen atoms in total. The van der Waals surface area contributed by atoms with E-state index in [2.05, 4.69) is 5.32 Å². The summed E-state index contributed by atoms with van der Waals surface area (Å²) in [5.74, 6) is -1.91. The molecule has 8 heteroatoms. The van der Waals surface area contributed by atoms with Crippen molar-refractivity contribution in [1.82, 2.24) is 15.1 Å². The van der Waals surface area contributed by atoms with Gasteiger partial charge in [0, 0.05) is 19.6 Å². The van der Waals surface area contributed by atoms with Gasteiger partial charge in [0.15, 0.2) is 0 Å². The van der Waals surface area contributed by atoms with Crippen molar-refractivity contribution in [3.8, 4) is 6.07 Å². The molecule has 3 amide bonds. The van der Waals surface area contributed by atoms with Gasteiger partial charge in [-0.3, -0.25) is 9.69 Å². The average Bonchev–Trinajstić information content (AvgIpc) is 2.43. The van der Waals surface area contributed by atoms with Gasteiger partial charge in [-0.25, -0.2) is 9.59 Å². The fourth-order valence-corrected chi connectivity index (χ4v) is 1.96. The molecular formula is C12H18N4O4. The van der Waals surface area contributed by atoms with Gasteiger partial charge in [0.25, 0.3) is 0 Å². The standard InChI is InChI=1S/C12H18N4O4/c1-3-15(6-8(2)4-13)12(20)16-7-10(17)14-5-9(16)11(18)19/h8-9H,3,5-7H2,1-2H3,(H,14,17)(H,18,19). The van der Waals surface area contributed by atoms with Crippen LogP contribution >= 0.6 is 0 Å². The number of nitrogens with one attached hydrogen (secondary N) is 1. The predicted molar refractivity (Wildman–Crippen MR) is 68.6 cm³/mol. The zero-order valence-electron chi connectivity index (χ0n) is 11.5. The van der Waals surface area contributed by atoms with Crippen LogP contribution in [-0.4, -0.2) is 65.0 Å². The first-order valence-electron chi connectivity index (χ1n) is 6.35. The van der Waals surface area contributed by atoms with E-state index < -0.39 is 18.0 Å². The van der Waals surface area contributed by atoms with Crippen LogP contribution in [0.15, 0.2) is 0 Å². The van der Waals surface area contributed by atoms with E-state index in [0.717, 1.165) is 4.90 Å². The molecule has 0 aromatic heterocycles. The van der Waals surface area contributed by atoms with Crippen LogP contribution in [0.1, 0.15) is 13.8 Å². The minimum Gasteiger partial charge on any atom is -0.480 e. The molecule has 2 atom stereocenters. The Balaban J connectivity index is 2.87. The van der Waals surface area contributed by atoms with E-state index in [-0.39, 0.29) is 31.5 Å². The molecule has 0 radical (unpaired) electrons. The Morgan fingerprint density at radius 2 is 2.30 bits per heavy atom. The quantitative estimate of drug-likeness (QED) is 0.719. The van der Waals surface area contributed by atoms with Gasteiger partial charge in [-0.1, -0.05) is 0 Å². The molecule has 0 saturated carbocycles. The first-order chi connectivity index (χ1) is 9.40. The fraction of sp³-hybridized carbons (Fsp3) is 0.667. The van der Waals surface area contributed by atoms with Gasteiger partial charge in [0.2, 0.25) is 5.91 Å². The fourth-order valence-electron chi connectivity index (χ4n) is 1.96. The maximum Gasteiger partial charge on any atom is 0.328 e. The zero-order chi connectivity index (χ0) is 15.3. The molecule has 0 aliphatic carbocycles. The number of hydrogen-bond acceptors (Lipinski definition) is 4.